The van der Waals surface area contributed by atoms with Crippen LogP contribution in [-0.2, 0) is 24.2 Å². The quantitative estimate of drug-likeness (QED) is 0.873. The Morgan fingerprint density at radius 1 is 1.44 bits per heavy atom. The summed E-state index contributed by atoms with van der Waals surface area (Å²) in [5.41, 5.74) is 1.52. The van der Waals surface area contributed by atoms with Crippen molar-refractivity contribution in [1.82, 2.24) is 10.6 Å². The van der Waals surface area contributed by atoms with E-state index in [1.54, 1.807) is 0 Å². The molecule has 1 fully saturated rings. The Kier molecular flexibility index (Phi) is 3.66. The first-order valence-corrected chi connectivity index (χ1v) is 7.73. The molecule has 2 heterocycles. The third kappa shape index (κ3) is 2.75. The first-order valence-electron chi connectivity index (χ1n) is 6.92. The van der Waals surface area contributed by atoms with Gasteiger partial charge in [-0.3, -0.25) is 4.79 Å². The van der Waals surface area contributed by atoms with Gasteiger partial charge in [-0.25, -0.2) is 0 Å². The van der Waals surface area contributed by atoms with E-state index in [0.29, 0.717) is 19.0 Å². The fourth-order valence-electron chi connectivity index (χ4n) is 2.89. The number of rotatable bonds is 4. The van der Waals surface area contributed by atoms with Crippen LogP contribution in [0.4, 0.5) is 0 Å². The highest BCUT2D eigenvalue weighted by Crippen LogP contribution is 2.30. The molecule has 1 atom stereocenters. The second kappa shape index (κ2) is 5.41. The second-order valence-corrected chi connectivity index (χ2v) is 6.51. The van der Waals surface area contributed by atoms with Crippen LogP contribution < -0.4 is 10.6 Å². The smallest absolute Gasteiger partial charge is 0.221 e. The van der Waals surface area contributed by atoms with Gasteiger partial charge in [0.2, 0.25) is 5.91 Å². The lowest BCUT2D eigenvalue weighted by atomic mass is 10.1. The fourth-order valence-corrected chi connectivity index (χ4v) is 4.09. The van der Waals surface area contributed by atoms with Crippen molar-refractivity contribution in [3.63, 3.8) is 0 Å². The minimum Gasteiger partial charge on any atom is -0.351 e. The summed E-state index contributed by atoms with van der Waals surface area (Å²) in [7, 11) is 0. The topological polar surface area (TPSA) is 41.1 Å². The zero-order chi connectivity index (χ0) is 12.4. The van der Waals surface area contributed by atoms with Crippen molar-refractivity contribution in [3.05, 3.63) is 21.4 Å². The summed E-state index contributed by atoms with van der Waals surface area (Å²) in [5, 5.41) is 6.40. The molecular formula is C14H20N2OS. The van der Waals surface area contributed by atoms with Crippen LogP contribution in [0.25, 0.3) is 0 Å². The molecule has 3 nitrogen and oxygen atoms in total. The molecule has 0 saturated carbocycles. The van der Waals surface area contributed by atoms with Crippen molar-refractivity contribution < 1.29 is 4.79 Å². The lowest BCUT2D eigenvalue weighted by Gasteiger charge is -2.09. The first kappa shape index (κ1) is 12.2. The highest BCUT2D eigenvalue weighted by Gasteiger charge is 2.18. The zero-order valence-electron chi connectivity index (χ0n) is 10.6. The molecular weight excluding hydrogens is 244 g/mol. The fraction of sp³-hybridized carbons (Fsp3) is 0.643. The number of nitrogens with one attached hydrogen (secondary N) is 2. The Labute approximate surface area is 112 Å². The van der Waals surface area contributed by atoms with Crippen molar-refractivity contribution in [3.8, 4) is 0 Å². The van der Waals surface area contributed by atoms with Gasteiger partial charge >= 0.3 is 0 Å². The maximum atomic E-state index is 11.8. The van der Waals surface area contributed by atoms with E-state index in [0.717, 1.165) is 13.0 Å². The monoisotopic (exact) mass is 264 g/mol. The van der Waals surface area contributed by atoms with E-state index in [1.807, 2.05) is 11.3 Å². The average molecular weight is 264 g/mol. The molecule has 18 heavy (non-hydrogen) atoms. The van der Waals surface area contributed by atoms with Crippen molar-refractivity contribution in [1.29, 1.82) is 0 Å². The number of carbonyl (C=O) groups is 1. The van der Waals surface area contributed by atoms with Crippen molar-refractivity contribution in [2.45, 2.75) is 51.1 Å². The Balaban J connectivity index is 1.46. The SMILES string of the molecule is O=C(CC1CCCN1)NCc1cc2c(s1)CCC2. The Bertz CT molecular complexity index is 414. The molecule has 98 valence electrons. The van der Waals surface area contributed by atoms with E-state index in [-0.39, 0.29) is 5.91 Å². The lowest BCUT2D eigenvalue weighted by Crippen LogP contribution is -2.31. The van der Waals surface area contributed by atoms with Gasteiger partial charge in [0.15, 0.2) is 0 Å². The maximum absolute atomic E-state index is 11.8. The maximum Gasteiger partial charge on any atom is 0.221 e. The number of thiophene rings is 1. The van der Waals surface area contributed by atoms with Crippen LogP contribution in [0.5, 0.6) is 0 Å². The Hall–Kier alpha value is -0.870. The standard InChI is InChI=1S/C14H20N2OS/c17-14(8-11-4-2-6-15-11)16-9-12-7-10-3-1-5-13(10)18-12/h7,11,15H,1-6,8-9H2,(H,16,17). The molecule has 0 spiro atoms. The van der Waals surface area contributed by atoms with Gasteiger partial charge in [0, 0.05) is 22.2 Å². The summed E-state index contributed by atoms with van der Waals surface area (Å²) >= 11 is 1.88. The molecule has 0 bridgehead atoms. The minimum absolute atomic E-state index is 0.183. The lowest BCUT2D eigenvalue weighted by molar-refractivity contribution is -0.121. The molecule has 0 radical (unpaired) electrons. The van der Waals surface area contributed by atoms with Gasteiger partial charge < -0.3 is 10.6 Å². The van der Waals surface area contributed by atoms with Gasteiger partial charge in [0.25, 0.3) is 0 Å². The van der Waals surface area contributed by atoms with Crippen LogP contribution in [0.2, 0.25) is 0 Å². The predicted octanol–water partition coefficient (Wildman–Crippen LogP) is 2.00. The van der Waals surface area contributed by atoms with Crippen molar-refractivity contribution in [2.24, 2.45) is 0 Å². The number of fused-ring (bicyclic) bond motifs is 1. The highest BCUT2D eigenvalue weighted by atomic mass is 32.1. The minimum atomic E-state index is 0.183. The van der Waals surface area contributed by atoms with Crippen LogP contribution in [0.1, 0.15) is 41.0 Å². The Morgan fingerprint density at radius 3 is 3.17 bits per heavy atom. The summed E-state index contributed by atoms with van der Waals surface area (Å²) in [4.78, 5) is 14.7. The van der Waals surface area contributed by atoms with E-state index in [2.05, 4.69) is 16.7 Å². The van der Waals surface area contributed by atoms with Gasteiger partial charge in [-0.1, -0.05) is 0 Å². The zero-order valence-corrected chi connectivity index (χ0v) is 11.4. The van der Waals surface area contributed by atoms with Crippen molar-refractivity contribution >= 4 is 17.2 Å². The van der Waals surface area contributed by atoms with Crippen LogP contribution in [-0.4, -0.2) is 18.5 Å². The Morgan fingerprint density at radius 2 is 2.39 bits per heavy atom. The van der Waals surface area contributed by atoms with E-state index >= 15 is 0 Å². The molecule has 1 aliphatic carbocycles. The average Bonchev–Trinajstić information content (AvgIpc) is 3.01. The van der Waals surface area contributed by atoms with E-state index in [4.69, 9.17) is 0 Å². The molecule has 1 saturated heterocycles. The summed E-state index contributed by atoms with van der Waals surface area (Å²) in [6.07, 6.45) is 6.74. The predicted molar refractivity (Wildman–Crippen MR) is 73.8 cm³/mol. The number of hydrogen-bond acceptors (Lipinski definition) is 3. The molecule has 1 unspecified atom stereocenters. The highest BCUT2D eigenvalue weighted by molar-refractivity contribution is 7.12. The van der Waals surface area contributed by atoms with Gasteiger partial charge in [0.05, 0.1) is 6.54 Å². The van der Waals surface area contributed by atoms with Gasteiger partial charge in [-0.15, -0.1) is 11.3 Å². The van der Waals surface area contributed by atoms with Gasteiger partial charge in [-0.2, -0.15) is 0 Å². The molecule has 1 aromatic rings. The number of hydrogen-bond donors (Lipinski definition) is 2. The van der Waals surface area contributed by atoms with Gasteiger partial charge in [-0.05, 0) is 50.3 Å². The molecule has 4 heteroatoms. The second-order valence-electron chi connectivity index (χ2n) is 5.29. The van der Waals surface area contributed by atoms with E-state index in [1.165, 1.54) is 41.0 Å². The molecule has 0 aromatic carbocycles. The number of amides is 1. The molecule has 2 aliphatic rings. The summed E-state index contributed by atoms with van der Waals surface area (Å²) in [6.45, 7) is 1.78. The molecule has 2 N–H and O–H groups in total. The third-order valence-electron chi connectivity index (χ3n) is 3.85. The van der Waals surface area contributed by atoms with E-state index in [9.17, 15) is 4.79 Å². The molecule has 1 aromatic heterocycles. The number of carbonyl (C=O) groups excluding carboxylic acids is 1. The number of aryl methyl sites for hydroxylation is 2. The molecule has 1 amide bonds. The first-order chi connectivity index (χ1) is 8.81. The summed E-state index contributed by atoms with van der Waals surface area (Å²) in [5.74, 6) is 0.183. The summed E-state index contributed by atoms with van der Waals surface area (Å²) < 4.78 is 0. The third-order valence-corrected chi connectivity index (χ3v) is 5.09. The van der Waals surface area contributed by atoms with Crippen LogP contribution in [0.3, 0.4) is 0 Å². The normalized spacial score (nSPS) is 22.1. The summed E-state index contributed by atoms with van der Waals surface area (Å²) in [6, 6.07) is 2.68. The van der Waals surface area contributed by atoms with Crippen LogP contribution in [0.15, 0.2) is 6.07 Å². The van der Waals surface area contributed by atoms with Crippen molar-refractivity contribution in [2.75, 3.05) is 6.54 Å². The molecule has 3 rings (SSSR count). The van der Waals surface area contributed by atoms with E-state index < -0.39 is 0 Å². The van der Waals surface area contributed by atoms with Gasteiger partial charge in [0.1, 0.15) is 0 Å². The van der Waals surface area contributed by atoms with Crippen LogP contribution >= 0.6 is 11.3 Å². The largest absolute Gasteiger partial charge is 0.351 e. The molecule has 1 aliphatic heterocycles. The van der Waals surface area contributed by atoms with Crippen LogP contribution in [0, 0.1) is 0 Å².